The van der Waals surface area contributed by atoms with E-state index in [1.165, 1.54) is 0 Å². The van der Waals surface area contributed by atoms with E-state index < -0.39 is 23.4 Å². The smallest absolute Gasteiger partial charge is 0.232 e. The second-order valence-electron chi connectivity index (χ2n) is 6.90. The highest BCUT2D eigenvalue weighted by atomic mass is 35.7. The molecule has 2 radical (unpaired) electrons. The number of halogens is 1. The fourth-order valence-corrected chi connectivity index (χ4v) is 4.08. The number of rotatable bonds is 5. The summed E-state index contributed by atoms with van der Waals surface area (Å²) in [5.74, 6) is -0.122. The summed E-state index contributed by atoms with van der Waals surface area (Å²) in [6, 6.07) is -0.396. The third-order valence-electron chi connectivity index (χ3n) is 4.13. The van der Waals surface area contributed by atoms with Gasteiger partial charge < -0.3 is 9.16 Å². The first-order valence-electron chi connectivity index (χ1n) is 6.83. The molecule has 4 nitrogen and oxygen atoms in total. The van der Waals surface area contributed by atoms with E-state index in [2.05, 4.69) is 33.9 Å². The molecule has 0 aromatic rings. The van der Waals surface area contributed by atoms with Crippen molar-refractivity contribution in [2.45, 2.75) is 70.0 Å². The van der Waals surface area contributed by atoms with Gasteiger partial charge >= 0.3 is 0 Å². The minimum atomic E-state index is -3.52. The summed E-state index contributed by atoms with van der Waals surface area (Å²) in [5.41, 5.74) is 0. The van der Waals surface area contributed by atoms with E-state index in [4.69, 9.17) is 27.7 Å². The molecule has 0 amide bonds. The normalized spacial score (nSPS) is 28.8. The summed E-state index contributed by atoms with van der Waals surface area (Å²) >= 11 is 0. The van der Waals surface area contributed by atoms with E-state index >= 15 is 0 Å². The molecule has 0 N–H and O–H groups in total. The van der Waals surface area contributed by atoms with Crippen molar-refractivity contribution in [2.75, 3.05) is 5.75 Å². The van der Waals surface area contributed by atoms with Crippen molar-refractivity contribution in [1.82, 2.24) is 0 Å². The van der Waals surface area contributed by atoms with E-state index in [0.717, 1.165) is 0 Å². The van der Waals surface area contributed by atoms with Gasteiger partial charge in [-0.3, -0.25) is 0 Å². The van der Waals surface area contributed by atoms with Crippen molar-refractivity contribution in [1.29, 1.82) is 0 Å². The fourth-order valence-electron chi connectivity index (χ4n) is 1.94. The van der Waals surface area contributed by atoms with Crippen molar-refractivity contribution in [3.63, 3.8) is 0 Å². The van der Waals surface area contributed by atoms with Gasteiger partial charge in [0.05, 0.1) is 18.0 Å². The van der Waals surface area contributed by atoms with Crippen LogP contribution in [0.4, 0.5) is 0 Å². The highest BCUT2D eigenvalue weighted by Gasteiger charge is 2.43. The molecule has 3 atom stereocenters. The first-order chi connectivity index (χ1) is 8.82. The molecule has 1 rings (SSSR count). The zero-order valence-corrected chi connectivity index (χ0v) is 15.4. The summed E-state index contributed by atoms with van der Waals surface area (Å²) in [6.45, 7) is 10.8. The van der Waals surface area contributed by atoms with Crippen LogP contribution in [0.2, 0.25) is 18.1 Å². The molecule has 0 aliphatic carbocycles. The topological polar surface area (TPSA) is 52.6 Å². The standard InChI is InChI=1S/C12H24BClO4SSi/c1-12(2,3)20(4,5)18-10-8-11(13)17-9(10)6-7-19(14,15)16/h9-11H,6-8H2,1-5H3. The van der Waals surface area contributed by atoms with Gasteiger partial charge in [0.25, 0.3) is 0 Å². The molecule has 1 saturated heterocycles. The molecule has 116 valence electrons. The monoisotopic (exact) mass is 338 g/mol. The molecular weight excluding hydrogens is 315 g/mol. The zero-order valence-electron chi connectivity index (χ0n) is 12.8. The first-order valence-corrected chi connectivity index (χ1v) is 12.2. The third-order valence-corrected chi connectivity index (χ3v) is 9.82. The van der Waals surface area contributed by atoms with Gasteiger partial charge in [-0.15, -0.1) is 0 Å². The van der Waals surface area contributed by atoms with Gasteiger partial charge in [-0.25, -0.2) is 8.42 Å². The first kappa shape index (κ1) is 18.5. The van der Waals surface area contributed by atoms with Crippen LogP contribution < -0.4 is 0 Å². The maximum absolute atomic E-state index is 11.1. The van der Waals surface area contributed by atoms with Crippen molar-refractivity contribution in [3.05, 3.63) is 0 Å². The van der Waals surface area contributed by atoms with Gasteiger partial charge in [0, 0.05) is 16.7 Å². The predicted molar refractivity (Wildman–Crippen MR) is 85.4 cm³/mol. The van der Waals surface area contributed by atoms with Crippen LogP contribution in [0.15, 0.2) is 0 Å². The molecule has 3 unspecified atom stereocenters. The molecule has 0 aromatic carbocycles. The Labute approximate surface area is 129 Å². The minimum absolute atomic E-state index is 0.0861. The van der Waals surface area contributed by atoms with Crippen LogP contribution in [0, 0.1) is 0 Å². The van der Waals surface area contributed by atoms with Crippen LogP contribution in [0.3, 0.4) is 0 Å². The second kappa shape index (κ2) is 6.28. The number of hydrogen-bond acceptors (Lipinski definition) is 4. The molecule has 1 aliphatic rings. The SMILES string of the molecule is [B]C1CC(O[Si](C)(C)C(C)(C)C)C(CCS(=O)(=O)Cl)O1. The Bertz CT molecular complexity index is 435. The van der Waals surface area contributed by atoms with E-state index in [-0.39, 0.29) is 23.0 Å². The van der Waals surface area contributed by atoms with Crippen molar-refractivity contribution < 1.29 is 17.6 Å². The van der Waals surface area contributed by atoms with Gasteiger partial charge in [0.1, 0.15) is 7.85 Å². The Balaban J connectivity index is 2.72. The van der Waals surface area contributed by atoms with Gasteiger partial charge in [-0.2, -0.15) is 0 Å². The van der Waals surface area contributed by atoms with Crippen molar-refractivity contribution >= 4 is 35.9 Å². The summed E-state index contributed by atoms with van der Waals surface area (Å²) in [4.78, 5) is 0. The summed E-state index contributed by atoms with van der Waals surface area (Å²) < 4.78 is 34.0. The molecule has 1 fully saturated rings. The summed E-state index contributed by atoms with van der Waals surface area (Å²) in [7, 11) is 5.62. The van der Waals surface area contributed by atoms with Crippen LogP contribution in [0.1, 0.15) is 33.6 Å². The highest BCUT2D eigenvalue weighted by Crippen LogP contribution is 2.39. The Hall–Kier alpha value is 0.442. The molecule has 0 spiro atoms. The predicted octanol–water partition coefficient (Wildman–Crippen LogP) is 2.62. The third kappa shape index (κ3) is 5.33. The Morgan fingerprint density at radius 3 is 2.40 bits per heavy atom. The van der Waals surface area contributed by atoms with Crippen LogP contribution in [-0.2, 0) is 18.2 Å². The molecule has 20 heavy (non-hydrogen) atoms. The average Bonchev–Trinajstić information content (AvgIpc) is 2.52. The van der Waals surface area contributed by atoms with E-state index in [1.54, 1.807) is 0 Å². The molecule has 0 saturated carbocycles. The maximum Gasteiger partial charge on any atom is 0.232 e. The zero-order chi connectivity index (χ0) is 15.8. The molecule has 0 bridgehead atoms. The molecule has 1 aliphatic heterocycles. The number of ether oxygens (including phenoxy) is 1. The lowest BCUT2D eigenvalue weighted by Crippen LogP contribution is -2.46. The number of hydrogen-bond donors (Lipinski definition) is 0. The van der Waals surface area contributed by atoms with Crippen LogP contribution in [0.5, 0.6) is 0 Å². The largest absolute Gasteiger partial charge is 0.411 e. The quantitative estimate of drug-likeness (QED) is 0.571. The second-order valence-corrected chi connectivity index (χ2v) is 14.5. The molecule has 1 heterocycles. The van der Waals surface area contributed by atoms with Crippen LogP contribution in [0.25, 0.3) is 0 Å². The Kier molecular flexibility index (Phi) is 5.81. The van der Waals surface area contributed by atoms with Crippen molar-refractivity contribution in [2.24, 2.45) is 0 Å². The molecule has 8 heteroatoms. The average molecular weight is 339 g/mol. The summed E-state index contributed by atoms with van der Waals surface area (Å²) in [6.07, 6.45) is 0.468. The van der Waals surface area contributed by atoms with Gasteiger partial charge in [0.15, 0.2) is 8.32 Å². The fraction of sp³-hybridized carbons (Fsp3) is 1.00. The lowest BCUT2D eigenvalue weighted by molar-refractivity contribution is 0.0356. The van der Waals surface area contributed by atoms with E-state index in [9.17, 15) is 8.42 Å². The maximum atomic E-state index is 11.1. The van der Waals surface area contributed by atoms with Gasteiger partial charge in [-0.1, -0.05) is 20.8 Å². The van der Waals surface area contributed by atoms with Crippen molar-refractivity contribution in [3.8, 4) is 0 Å². The van der Waals surface area contributed by atoms with Crippen LogP contribution >= 0.6 is 10.7 Å². The highest BCUT2D eigenvalue weighted by molar-refractivity contribution is 8.13. The van der Waals surface area contributed by atoms with Gasteiger partial charge in [-0.05, 0) is 31.0 Å². The molecule has 0 aromatic heterocycles. The lowest BCUT2D eigenvalue weighted by atomic mass is 9.96. The van der Waals surface area contributed by atoms with Crippen LogP contribution in [-0.4, -0.2) is 48.5 Å². The Morgan fingerprint density at radius 1 is 1.40 bits per heavy atom. The van der Waals surface area contributed by atoms with Gasteiger partial charge in [0.2, 0.25) is 9.05 Å². The minimum Gasteiger partial charge on any atom is -0.411 e. The van der Waals surface area contributed by atoms with E-state index in [0.29, 0.717) is 12.8 Å². The summed E-state index contributed by atoms with van der Waals surface area (Å²) in [5, 5.41) is 0.0861. The van der Waals surface area contributed by atoms with E-state index in [1.807, 2.05) is 0 Å². The Morgan fingerprint density at radius 2 is 1.95 bits per heavy atom. The lowest BCUT2D eigenvalue weighted by Gasteiger charge is -2.39. The molecular formula is C12H24BClO4SSi.